The molecule has 4 nitrogen and oxygen atoms in total. The summed E-state index contributed by atoms with van der Waals surface area (Å²) in [5.41, 5.74) is 4.73. The fourth-order valence-corrected chi connectivity index (χ4v) is 2.83. The molecule has 1 atom stereocenters. The van der Waals surface area contributed by atoms with Gasteiger partial charge in [-0.05, 0) is 57.2 Å². The molecule has 0 N–H and O–H groups in total. The van der Waals surface area contributed by atoms with Crippen molar-refractivity contribution < 1.29 is 4.74 Å². The molecule has 1 aromatic carbocycles. The van der Waals surface area contributed by atoms with Gasteiger partial charge in [0.15, 0.2) is 0 Å². The number of hydrogen-bond donors (Lipinski definition) is 0. The van der Waals surface area contributed by atoms with Crippen molar-refractivity contribution in [2.75, 3.05) is 6.61 Å². The average molecular weight is 305 g/mol. The maximum absolute atomic E-state index is 9.43. The third kappa shape index (κ3) is 2.66. The molecule has 2 aromatic heterocycles. The molecule has 3 aromatic rings. The lowest BCUT2D eigenvalue weighted by atomic mass is 10.0. The Bertz CT molecular complexity index is 872. The van der Waals surface area contributed by atoms with Crippen LogP contribution in [0, 0.1) is 18.3 Å². The maximum Gasteiger partial charge on any atom is 0.137 e. The molecular weight excluding hydrogens is 286 g/mol. The summed E-state index contributed by atoms with van der Waals surface area (Å²) in [6.07, 6.45) is 0. The zero-order valence-corrected chi connectivity index (χ0v) is 13.6. The number of nitriles is 1. The van der Waals surface area contributed by atoms with Gasteiger partial charge in [0, 0.05) is 11.3 Å². The lowest BCUT2D eigenvalue weighted by Gasteiger charge is -2.09. The minimum Gasteiger partial charge on any atom is -0.494 e. The van der Waals surface area contributed by atoms with Gasteiger partial charge in [-0.3, -0.25) is 4.40 Å². The van der Waals surface area contributed by atoms with Crippen molar-refractivity contribution in [1.82, 2.24) is 9.38 Å². The standard InChI is InChI=1S/C19H19N3O/c1-4-23-16-10-8-15(9-11-16)18-19(13(2)12-20)22-14(3)6-5-7-17(22)21-18/h5-11,13H,4H2,1-3H3. The first-order chi connectivity index (χ1) is 11.2. The normalized spacial score (nSPS) is 12.1. The van der Waals surface area contributed by atoms with E-state index in [2.05, 4.69) is 10.5 Å². The van der Waals surface area contributed by atoms with Gasteiger partial charge < -0.3 is 4.74 Å². The number of aryl methyl sites for hydroxylation is 1. The maximum atomic E-state index is 9.43. The van der Waals surface area contributed by atoms with Crippen molar-refractivity contribution in [3.05, 3.63) is 53.9 Å². The van der Waals surface area contributed by atoms with E-state index >= 15 is 0 Å². The Labute approximate surface area is 136 Å². The zero-order valence-electron chi connectivity index (χ0n) is 13.6. The fourth-order valence-electron chi connectivity index (χ4n) is 2.83. The molecule has 0 aliphatic heterocycles. The largest absolute Gasteiger partial charge is 0.494 e. The summed E-state index contributed by atoms with van der Waals surface area (Å²) < 4.78 is 7.56. The number of ether oxygens (including phenoxy) is 1. The Morgan fingerprint density at radius 2 is 1.96 bits per heavy atom. The van der Waals surface area contributed by atoms with Gasteiger partial charge >= 0.3 is 0 Å². The van der Waals surface area contributed by atoms with E-state index in [1.165, 1.54) is 0 Å². The van der Waals surface area contributed by atoms with Crippen LogP contribution < -0.4 is 4.74 Å². The van der Waals surface area contributed by atoms with E-state index in [1.807, 2.05) is 63.2 Å². The summed E-state index contributed by atoms with van der Waals surface area (Å²) in [6.45, 7) is 6.55. The molecule has 4 heteroatoms. The Kier molecular flexibility index (Phi) is 4.03. The predicted molar refractivity (Wildman–Crippen MR) is 90.6 cm³/mol. The summed E-state index contributed by atoms with van der Waals surface area (Å²) in [7, 11) is 0. The Morgan fingerprint density at radius 3 is 2.61 bits per heavy atom. The quantitative estimate of drug-likeness (QED) is 0.720. The summed E-state index contributed by atoms with van der Waals surface area (Å²) in [5.74, 6) is 0.596. The fraction of sp³-hybridized carbons (Fsp3) is 0.263. The monoisotopic (exact) mass is 305 g/mol. The lowest BCUT2D eigenvalue weighted by Crippen LogP contribution is -2.01. The molecule has 0 amide bonds. The van der Waals surface area contributed by atoms with Crippen molar-refractivity contribution in [2.45, 2.75) is 26.7 Å². The van der Waals surface area contributed by atoms with Crippen LogP contribution in [-0.4, -0.2) is 16.0 Å². The van der Waals surface area contributed by atoms with Crippen LogP contribution in [-0.2, 0) is 0 Å². The van der Waals surface area contributed by atoms with Crippen LogP contribution >= 0.6 is 0 Å². The molecule has 23 heavy (non-hydrogen) atoms. The van der Waals surface area contributed by atoms with Crippen molar-refractivity contribution in [1.29, 1.82) is 5.26 Å². The van der Waals surface area contributed by atoms with Crippen LogP contribution in [0.15, 0.2) is 42.5 Å². The van der Waals surface area contributed by atoms with Crippen molar-refractivity contribution >= 4 is 5.65 Å². The number of nitrogens with zero attached hydrogens (tertiary/aromatic N) is 3. The molecule has 2 heterocycles. The Morgan fingerprint density at radius 1 is 1.22 bits per heavy atom. The molecule has 1 unspecified atom stereocenters. The summed E-state index contributed by atoms with van der Waals surface area (Å²) in [5, 5.41) is 9.43. The lowest BCUT2D eigenvalue weighted by molar-refractivity contribution is 0.340. The second-order valence-electron chi connectivity index (χ2n) is 5.51. The Balaban J connectivity index is 2.20. The number of hydrogen-bond acceptors (Lipinski definition) is 3. The number of benzene rings is 1. The van der Waals surface area contributed by atoms with E-state index < -0.39 is 0 Å². The summed E-state index contributed by atoms with van der Waals surface area (Å²) in [4.78, 5) is 4.76. The van der Waals surface area contributed by atoms with Crippen molar-refractivity contribution in [3.63, 3.8) is 0 Å². The van der Waals surface area contributed by atoms with Crippen LogP contribution in [0.2, 0.25) is 0 Å². The molecule has 0 saturated heterocycles. The molecular formula is C19H19N3O. The number of aromatic nitrogens is 2. The first kappa shape index (κ1) is 15.1. The third-order valence-electron chi connectivity index (χ3n) is 3.92. The van der Waals surface area contributed by atoms with Crippen LogP contribution in [0.5, 0.6) is 5.75 Å². The summed E-state index contributed by atoms with van der Waals surface area (Å²) >= 11 is 0. The van der Waals surface area contributed by atoms with Gasteiger partial charge in [-0.15, -0.1) is 0 Å². The average Bonchev–Trinajstić information content (AvgIpc) is 2.96. The molecule has 116 valence electrons. The van der Waals surface area contributed by atoms with Gasteiger partial charge in [0.05, 0.1) is 30.0 Å². The summed E-state index contributed by atoms with van der Waals surface area (Å²) in [6, 6.07) is 16.2. The first-order valence-corrected chi connectivity index (χ1v) is 7.76. The van der Waals surface area contributed by atoms with E-state index in [0.29, 0.717) is 6.61 Å². The van der Waals surface area contributed by atoms with E-state index in [9.17, 15) is 5.26 Å². The number of fused-ring (bicyclic) bond motifs is 1. The highest BCUT2D eigenvalue weighted by molar-refractivity contribution is 5.68. The highest BCUT2D eigenvalue weighted by atomic mass is 16.5. The second kappa shape index (κ2) is 6.13. The number of pyridine rings is 1. The minimum atomic E-state index is -0.243. The van der Waals surface area contributed by atoms with Gasteiger partial charge in [0.2, 0.25) is 0 Å². The Hall–Kier alpha value is -2.80. The SMILES string of the molecule is CCOc1ccc(-c2nc3cccc(C)n3c2C(C)C#N)cc1. The zero-order chi connectivity index (χ0) is 16.4. The van der Waals surface area contributed by atoms with Crippen LogP contribution in [0.1, 0.15) is 31.2 Å². The molecule has 0 aliphatic carbocycles. The number of imidazole rings is 1. The predicted octanol–water partition coefficient (Wildman–Crippen LogP) is 4.34. The van der Waals surface area contributed by atoms with Gasteiger partial charge in [-0.2, -0.15) is 5.26 Å². The van der Waals surface area contributed by atoms with Crippen LogP contribution in [0.3, 0.4) is 0 Å². The van der Waals surface area contributed by atoms with Gasteiger partial charge in [-0.25, -0.2) is 4.98 Å². The van der Waals surface area contributed by atoms with E-state index in [4.69, 9.17) is 9.72 Å². The number of rotatable bonds is 4. The molecule has 0 spiro atoms. The highest BCUT2D eigenvalue weighted by Crippen LogP contribution is 2.31. The highest BCUT2D eigenvalue weighted by Gasteiger charge is 2.20. The van der Waals surface area contributed by atoms with E-state index in [-0.39, 0.29) is 5.92 Å². The smallest absolute Gasteiger partial charge is 0.137 e. The van der Waals surface area contributed by atoms with E-state index in [0.717, 1.165) is 34.0 Å². The molecule has 0 aliphatic rings. The second-order valence-corrected chi connectivity index (χ2v) is 5.51. The van der Waals surface area contributed by atoms with E-state index in [1.54, 1.807) is 0 Å². The third-order valence-corrected chi connectivity index (χ3v) is 3.92. The first-order valence-electron chi connectivity index (χ1n) is 7.76. The van der Waals surface area contributed by atoms with Crippen molar-refractivity contribution in [3.8, 4) is 23.1 Å². The van der Waals surface area contributed by atoms with Gasteiger partial charge in [0.25, 0.3) is 0 Å². The van der Waals surface area contributed by atoms with Crippen molar-refractivity contribution in [2.24, 2.45) is 0 Å². The molecule has 0 saturated carbocycles. The van der Waals surface area contributed by atoms with Gasteiger partial charge in [0.1, 0.15) is 11.4 Å². The van der Waals surface area contributed by atoms with Gasteiger partial charge in [-0.1, -0.05) is 6.07 Å². The molecule has 0 bridgehead atoms. The van der Waals surface area contributed by atoms with Crippen LogP contribution in [0.25, 0.3) is 16.9 Å². The van der Waals surface area contributed by atoms with Crippen LogP contribution in [0.4, 0.5) is 0 Å². The topological polar surface area (TPSA) is 50.3 Å². The molecule has 3 rings (SSSR count). The molecule has 0 fully saturated rings. The minimum absolute atomic E-state index is 0.243. The molecule has 0 radical (unpaired) electrons.